The number of nitrogens with one attached hydrogen (secondary N) is 2. The SMILES string of the molecule is Cc1ccc(Nc2ccnc(Nc3ccc(N4CCCC4)cc3)n2)cc1Cl. The molecule has 1 aliphatic heterocycles. The van der Waals surface area contributed by atoms with Gasteiger partial charge in [0.1, 0.15) is 5.82 Å². The Hall–Kier alpha value is -2.79. The smallest absolute Gasteiger partial charge is 0.229 e. The van der Waals surface area contributed by atoms with Crippen LogP contribution in [-0.2, 0) is 0 Å². The third-order valence-corrected chi connectivity index (χ3v) is 5.10. The molecule has 2 N–H and O–H groups in total. The van der Waals surface area contributed by atoms with Crippen LogP contribution in [0.15, 0.2) is 54.7 Å². The van der Waals surface area contributed by atoms with Gasteiger partial charge in [-0.2, -0.15) is 4.98 Å². The van der Waals surface area contributed by atoms with Gasteiger partial charge in [-0.1, -0.05) is 17.7 Å². The summed E-state index contributed by atoms with van der Waals surface area (Å²) >= 11 is 6.19. The van der Waals surface area contributed by atoms with E-state index in [2.05, 4.69) is 49.8 Å². The summed E-state index contributed by atoms with van der Waals surface area (Å²) in [5, 5.41) is 7.25. The van der Waals surface area contributed by atoms with Gasteiger partial charge in [0.25, 0.3) is 0 Å². The number of hydrogen-bond donors (Lipinski definition) is 2. The minimum absolute atomic E-state index is 0.548. The Balaban J connectivity index is 1.45. The summed E-state index contributed by atoms with van der Waals surface area (Å²) < 4.78 is 0. The van der Waals surface area contributed by atoms with Crippen molar-refractivity contribution in [3.8, 4) is 0 Å². The van der Waals surface area contributed by atoms with Crippen LogP contribution in [-0.4, -0.2) is 23.1 Å². The third kappa shape index (κ3) is 4.31. The number of rotatable bonds is 5. The number of nitrogens with zero attached hydrogens (tertiary/aromatic N) is 3. The van der Waals surface area contributed by atoms with E-state index in [0.717, 1.165) is 35.1 Å². The summed E-state index contributed by atoms with van der Waals surface area (Å²) in [5.41, 5.74) is 4.17. The molecule has 0 spiro atoms. The molecule has 1 saturated heterocycles. The predicted molar refractivity (Wildman–Crippen MR) is 113 cm³/mol. The van der Waals surface area contributed by atoms with Crippen molar-refractivity contribution in [1.29, 1.82) is 0 Å². The first kappa shape index (κ1) is 17.6. The first-order valence-corrected chi connectivity index (χ1v) is 9.53. The van der Waals surface area contributed by atoms with Crippen LogP contribution in [0.2, 0.25) is 5.02 Å². The van der Waals surface area contributed by atoms with Crippen LogP contribution in [0.4, 0.5) is 28.8 Å². The number of benzene rings is 2. The van der Waals surface area contributed by atoms with Crippen molar-refractivity contribution in [3.63, 3.8) is 0 Å². The Kier molecular flexibility index (Phi) is 5.12. The topological polar surface area (TPSA) is 53.1 Å². The predicted octanol–water partition coefficient (Wildman–Crippen LogP) is 5.53. The Morgan fingerprint density at radius 1 is 0.926 bits per heavy atom. The van der Waals surface area contributed by atoms with Crippen molar-refractivity contribution in [2.24, 2.45) is 0 Å². The van der Waals surface area contributed by atoms with Crippen LogP contribution in [0.3, 0.4) is 0 Å². The van der Waals surface area contributed by atoms with E-state index in [1.165, 1.54) is 18.5 Å². The fourth-order valence-electron chi connectivity index (χ4n) is 3.17. The second-order valence-corrected chi connectivity index (χ2v) is 7.13. The number of aromatic nitrogens is 2. The average molecular weight is 380 g/mol. The van der Waals surface area contributed by atoms with Crippen LogP contribution >= 0.6 is 11.6 Å². The Morgan fingerprint density at radius 3 is 2.41 bits per heavy atom. The lowest BCUT2D eigenvalue weighted by Gasteiger charge is -2.17. The van der Waals surface area contributed by atoms with E-state index in [1.807, 2.05) is 31.2 Å². The summed E-state index contributed by atoms with van der Waals surface area (Å²) in [6.45, 7) is 4.27. The van der Waals surface area contributed by atoms with Crippen LogP contribution in [0, 0.1) is 6.92 Å². The monoisotopic (exact) mass is 379 g/mol. The molecule has 2 heterocycles. The highest BCUT2D eigenvalue weighted by atomic mass is 35.5. The lowest BCUT2D eigenvalue weighted by atomic mass is 10.2. The van der Waals surface area contributed by atoms with E-state index in [4.69, 9.17) is 11.6 Å². The van der Waals surface area contributed by atoms with Crippen molar-refractivity contribution in [2.45, 2.75) is 19.8 Å². The van der Waals surface area contributed by atoms with Gasteiger partial charge in [0, 0.05) is 41.4 Å². The molecule has 0 aliphatic carbocycles. The van der Waals surface area contributed by atoms with Gasteiger partial charge >= 0.3 is 0 Å². The highest BCUT2D eigenvalue weighted by Gasteiger charge is 2.12. The van der Waals surface area contributed by atoms with Crippen LogP contribution in [0.25, 0.3) is 0 Å². The van der Waals surface area contributed by atoms with Crippen molar-refractivity contribution < 1.29 is 0 Å². The van der Waals surface area contributed by atoms with E-state index < -0.39 is 0 Å². The van der Waals surface area contributed by atoms with Crippen molar-refractivity contribution in [2.75, 3.05) is 28.6 Å². The van der Waals surface area contributed by atoms with Crippen molar-refractivity contribution >= 4 is 40.4 Å². The van der Waals surface area contributed by atoms with E-state index >= 15 is 0 Å². The molecule has 0 amide bonds. The van der Waals surface area contributed by atoms with Crippen LogP contribution < -0.4 is 15.5 Å². The molecule has 1 fully saturated rings. The van der Waals surface area contributed by atoms with Gasteiger partial charge in [-0.05, 0) is 67.8 Å². The van der Waals surface area contributed by atoms with Gasteiger partial charge in [0.2, 0.25) is 5.95 Å². The van der Waals surface area contributed by atoms with Crippen molar-refractivity contribution in [1.82, 2.24) is 9.97 Å². The third-order valence-electron chi connectivity index (χ3n) is 4.69. The fourth-order valence-corrected chi connectivity index (χ4v) is 3.35. The maximum atomic E-state index is 6.19. The lowest BCUT2D eigenvalue weighted by molar-refractivity contribution is 0.949. The average Bonchev–Trinajstić information content (AvgIpc) is 3.21. The van der Waals surface area contributed by atoms with Crippen LogP contribution in [0.1, 0.15) is 18.4 Å². The maximum absolute atomic E-state index is 6.19. The second-order valence-electron chi connectivity index (χ2n) is 6.72. The molecular formula is C21H22ClN5. The Labute approximate surface area is 164 Å². The first-order chi connectivity index (χ1) is 13.2. The number of anilines is 5. The van der Waals surface area contributed by atoms with Gasteiger partial charge in [-0.25, -0.2) is 4.98 Å². The molecule has 1 aliphatic rings. The second kappa shape index (κ2) is 7.84. The summed E-state index contributed by atoms with van der Waals surface area (Å²) in [5.74, 6) is 1.26. The number of hydrogen-bond acceptors (Lipinski definition) is 5. The molecule has 6 heteroatoms. The zero-order chi connectivity index (χ0) is 18.6. The van der Waals surface area contributed by atoms with Gasteiger partial charge in [-0.3, -0.25) is 0 Å². The van der Waals surface area contributed by atoms with Gasteiger partial charge in [0.15, 0.2) is 0 Å². The molecule has 138 valence electrons. The molecule has 0 saturated carbocycles. The zero-order valence-electron chi connectivity index (χ0n) is 15.2. The molecule has 4 rings (SSSR count). The molecular weight excluding hydrogens is 358 g/mol. The number of halogens is 1. The highest BCUT2D eigenvalue weighted by Crippen LogP contribution is 2.25. The summed E-state index contributed by atoms with van der Waals surface area (Å²) in [6, 6.07) is 16.1. The number of aryl methyl sites for hydroxylation is 1. The maximum Gasteiger partial charge on any atom is 0.229 e. The van der Waals surface area contributed by atoms with E-state index in [-0.39, 0.29) is 0 Å². The molecule has 3 aromatic rings. The summed E-state index contributed by atoms with van der Waals surface area (Å²) in [4.78, 5) is 11.3. The molecule has 0 bridgehead atoms. The molecule has 1 aromatic heterocycles. The zero-order valence-corrected chi connectivity index (χ0v) is 16.0. The molecule has 2 aromatic carbocycles. The van der Waals surface area contributed by atoms with Gasteiger partial charge < -0.3 is 15.5 Å². The minimum atomic E-state index is 0.548. The summed E-state index contributed by atoms with van der Waals surface area (Å²) in [6.07, 6.45) is 4.28. The van der Waals surface area contributed by atoms with E-state index in [9.17, 15) is 0 Å². The standard InChI is InChI=1S/C21H22ClN5/c1-15-4-5-17(14-19(15)22)24-20-10-11-23-21(26-20)25-16-6-8-18(9-7-16)27-12-2-3-13-27/h4-11,14H,2-3,12-13H2,1H3,(H2,23,24,25,26). The van der Waals surface area contributed by atoms with E-state index in [1.54, 1.807) is 6.20 Å². The van der Waals surface area contributed by atoms with Crippen molar-refractivity contribution in [3.05, 3.63) is 65.3 Å². The molecule has 0 atom stereocenters. The lowest BCUT2D eigenvalue weighted by Crippen LogP contribution is -2.17. The van der Waals surface area contributed by atoms with E-state index in [0.29, 0.717) is 11.8 Å². The largest absolute Gasteiger partial charge is 0.372 e. The molecule has 0 unspecified atom stereocenters. The molecule has 5 nitrogen and oxygen atoms in total. The molecule has 27 heavy (non-hydrogen) atoms. The normalized spacial score (nSPS) is 13.6. The first-order valence-electron chi connectivity index (χ1n) is 9.16. The quantitative estimate of drug-likeness (QED) is 0.610. The van der Waals surface area contributed by atoms with Gasteiger partial charge in [0.05, 0.1) is 0 Å². The minimum Gasteiger partial charge on any atom is -0.372 e. The fraction of sp³-hybridized carbons (Fsp3) is 0.238. The van der Waals surface area contributed by atoms with Crippen LogP contribution in [0.5, 0.6) is 0 Å². The van der Waals surface area contributed by atoms with Gasteiger partial charge in [-0.15, -0.1) is 0 Å². The highest BCUT2D eigenvalue weighted by molar-refractivity contribution is 6.31. The molecule has 0 radical (unpaired) electrons. The Morgan fingerprint density at radius 2 is 1.67 bits per heavy atom. The summed E-state index contributed by atoms with van der Waals surface area (Å²) in [7, 11) is 0. The Bertz CT molecular complexity index is 920.